The van der Waals surface area contributed by atoms with Crippen molar-refractivity contribution in [1.82, 2.24) is 0 Å². The van der Waals surface area contributed by atoms with Crippen LogP contribution in [-0.4, -0.2) is 5.91 Å². The summed E-state index contributed by atoms with van der Waals surface area (Å²) in [5.41, 5.74) is 6.13. The molecule has 0 aliphatic rings. The van der Waals surface area contributed by atoms with Crippen molar-refractivity contribution >= 4 is 29.3 Å². The van der Waals surface area contributed by atoms with Crippen molar-refractivity contribution in [3.05, 3.63) is 36.1 Å². The Morgan fingerprint density at radius 1 is 1.31 bits per heavy atom. The monoisotopic (exact) mass is 197 g/mol. The topological polar surface area (TPSA) is 56.2 Å². The van der Waals surface area contributed by atoms with Gasteiger partial charge in [0, 0.05) is 5.39 Å². The van der Waals surface area contributed by atoms with Crippen LogP contribution in [0.1, 0.15) is 10.4 Å². The molecule has 3 nitrogen and oxygen atoms in total. The first kappa shape index (κ1) is 9.61. The number of hydrogen-bond acceptors (Lipinski definition) is 2. The van der Waals surface area contributed by atoms with Gasteiger partial charge in [-0.3, -0.25) is 4.79 Å². The number of halogens is 1. The van der Waals surface area contributed by atoms with Gasteiger partial charge in [0.2, 0.25) is 0 Å². The number of carbonyl (C=O) groups excluding carboxylic acids is 1. The quantitative estimate of drug-likeness (QED) is 0.760. The van der Waals surface area contributed by atoms with Gasteiger partial charge in [-0.2, -0.15) is 0 Å². The second-order valence-corrected chi connectivity index (χ2v) is 2.51. The second kappa shape index (κ2) is 3.49. The highest BCUT2D eigenvalue weighted by molar-refractivity contribution is 6.03. The normalized spacial score (nSPS) is 9.54. The van der Waals surface area contributed by atoms with Gasteiger partial charge in [0.25, 0.3) is 5.91 Å². The average molecular weight is 198 g/mol. The van der Waals surface area contributed by atoms with Crippen LogP contribution in [0.2, 0.25) is 0 Å². The smallest absolute Gasteiger partial charge is 0.252 e. The van der Waals surface area contributed by atoms with Crippen molar-refractivity contribution in [2.24, 2.45) is 5.73 Å². The molecule has 1 amide bonds. The van der Waals surface area contributed by atoms with Gasteiger partial charge in [-0.25, -0.2) is 0 Å². The third-order valence-corrected chi connectivity index (χ3v) is 1.74. The van der Waals surface area contributed by atoms with Crippen molar-refractivity contribution in [2.75, 3.05) is 0 Å². The van der Waals surface area contributed by atoms with E-state index in [2.05, 4.69) is 0 Å². The number of amides is 1. The van der Waals surface area contributed by atoms with Gasteiger partial charge in [-0.15, -0.1) is 12.4 Å². The molecule has 2 rings (SSSR count). The zero-order valence-corrected chi connectivity index (χ0v) is 7.51. The molecule has 1 aromatic carbocycles. The molecule has 68 valence electrons. The highest BCUT2D eigenvalue weighted by Crippen LogP contribution is 2.18. The summed E-state index contributed by atoms with van der Waals surface area (Å²) in [6.45, 7) is 0. The number of primary amides is 1. The molecule has 1 heterocycles. The maximum atomic E-state index is 10.9. The fraction of sp³-hybridized carbons (Fsp3) is 0. The molecule has 0 saturated heterocycles. The second-order valence-electron chi connectivity index (χ2n) is 2.51. The van der Waals surface area contributed by atoms with Crippen LogP contribution in [0.4, 0.5) is 0 Å². The SMILES string of the molecule is Cl.NC(=O)c1cccc2ccoc12. The molecule has 0 radical (unpaired) electrons. The third-order valence-electron chi connectivity index (χ3n) is 1.74. The van der Waals surface area contributed by atoms with E-state index in [1.807, 2.05) is 6.07 Å². The van der Waals surface area contributed by atoms with E-state index in [9.17, 15) is 4.79 Å². The van der Waals surface area contributed by atoms with Crippen LogP contribution in [0.25, 0.3) is 11.0 Å². The summed E-state index contributed by atoms with van der Waals surface area (Å²) in [5.74, 6) is -0.462. The van der Waals surface area contributed by atoms with Crippen molar-refractivity contribution in [3.8, 4) is 0 Å². The van der Waals surface area contributed by atoms with Crippen LogP contribution >= 0.6 is 12.4 Å². The Hall–Kier alpha value is -1.48. The number of nitrogens with two attached hydrogens (primary N) is 1. The minimum absolute atomic E-state index is 0. The van der Waals surface area contributed by atoms with E-state index >= 15 is 0 Å². The molecule has 2 N–H and O–H groups in total. The molecule has 0 fully saturated rings. The molecule has 0 atom stereocenters. The van der Waals surface area contributed by atoms with Crippen LogP contribution in [0.3, 0.4) is 0 Å². The molecule has 13 heavy (non-hydrogen) atoms. The fourth-order valence-electron chi connectivity index (χ4n) is 1.19. The molecule has 0 saturated carbocycles. The predicted octanol–water partition coefficient (Wildman–Crippen LogP) is 1.95. The zero-order chi connectivity index (χ0) is 8.55. The summed E-state index contributed by atoms with van der Waals surface area (Å²) in [6.07, 6.45) is 1.54. The Labute approximate surface area is 80.9 Å². The first-order chi connectivity index (χ1) is 5.79. The third kappa shape index (κ3) is 1.51. The van der Waals surface area contributed by atoms with Crippen LogP contribution in [0.15, 0.2) is 34.9 Å². The Morgan fingerprint density at radius 2 is 2.08 bits per heavy atom. The van der Waals surface area contributed by atoms with Gasteiger partial charge in [0.15, 0.2) is 0 Å². The van der Waals surface area contributed by atoms with Gasteiger partial charge >= 0.3 is 0 Å². The minimum Gasteiger partial charge on any atom is -0.464 e. The molecular formula is C9H8ClNO2. The van der Waals surface area contributed by atoms with E-state index in [0.29, 0.717) is 11.1 Å². The molecule has 0 aliphatic carbocycles. The summed E-state index contributed by atoms with van der Waals surface area (Å²) in [6, 6.07) is 7.08. The zero-order valence-electron chi connectivity index (χ0n) is 6.69. The summed E-state index contributed by atoms with van der Waals surface area (Å²) in [7, 11) is 0. The van der Waals surface area contributed by atoms with Gasteiger partial charge < -0.3 is 10.2 Å². The molecule has 1 aromatic heterocycles. The summed E-state index contributed by atoms with van der Waals surface area (Å²) in [5, 5.41) is 0.895. The molecule has 0 aliphatic heterocycles. The highest BCUT2D eigenvalue weighted by Gasteiger charge is 2.07. The lowest BCUT2D eigenvalue weighted by atomic mass is 10.1. The summed E-state index contributed by atoms with van der Waals surface area (Å²) in [4.78, 5) is 10.9. The Morgan fingerprint density at radius 3 is 2.77 bits per heavy atom. The van der Waals surface area contributed by atoms with E-state index in [1.54, 1.807) is 18.2 Å². The van der Waals surface area contributed by atoms with E-state index in [0.717, 1.165) is 5.39 Å². The molecule has 0 spiro atoms. The Kier molecular flexibility index (Phi) is 2.58. The summed E-state index contributed by atoms with van der Waals surface area (Å²) < 4.78 is 5.11. The van der Waals surface area contributed by atoms with Crippen molar-refractivity contribution in [2.45, 2.75) is 0 Å². The Bertz CT molecular complexity index is 436. The molecule has 2 aromatic rings. The largest absolute Gasteiger partial charge is 0.464 e. The molecule has 0 bridgehead atoms. The number of rotatable bonds is 1. The van der Waals surface area contributed by atoms with Crippen molar-refractivity contribution in [3.63, 3.8) is 0 Å². The van der Waals surface area contributed by atoms with Gasteiger partial charge in [0.05, 0.1) is 11.8 Å². The number of furan rings is 1. The van der Waals surface area contributed by atoms with E-state index < -0.39 is 5.91 Å². The van der Waals surface area contributed by atoms with Crippen molar-refractivity contribution < 1.29 is 9.21 Å². The number of carbonyl (C=O) groups is 1. The van der Waals surface area contributed by atoms with Gasteiger partial charge in [-0.05, 0) is 12.1 Å². The average Bonchev–Trinajstić information content (AvgIpc) is 2.49. The van der Waals surface area contributed by atoms with E-state index in [4.69, 9.17) is 10.2 Å². The molecule has 4 heteroatoms. The van der Waals surface area contributed by atoms with E-state index in [-0.39, 0.29) is 12.4 Å². The van der Waals surface area contributed by atoms with E-state index in [1.165, 1.54) is 6.26 Å². The minimum atomic E-state index is -0.462. The van der Waals surface area contributed by atoms with Crippen LogP contribution in [0.5, 0.6) is 0 Å². The first-order valence-corrected chi connectivity index (χ1v) is 3.55. The van der Waals surface area contributed by atoms with Gasteiger partial charge in [-0.1, -0.05) is 12.1 Å². The van der Waals surface area contributed by atoms with Crippen LogP contribution < -0.4 is 5.73 Å². The standard InChI is InChI=1S/C9H7NO2.ClH/c10-9(11)7-3-1-2-6-4-5-12-8(6)7;/h1-5H,(H2,10,11);1H. The van der Waals surface area contributed by atoms with Crippen LogP contribution in [-0.2, 0) is 0 Å². The summed E-state index contributed by atoms with van der Waals surface area (Å²) >= 11 is 0. The number of para-hydroxylation sites is 1. The lowest BCUT2D eigenvalue weighted by Crippen LogP contribution is -2.10. The number of hydrogen-bond donors (Lipinski definition) is 1. The molecule has 0 unspecified atom stereocenters. The predicted molar refractivity (Wildman–Crippen MR) is 52.0 cm³/mol. The maximum absolute atomic E-state index is 10.9. The number of fused-ring (bicyclic) bond motifs is 1. The number of benzene rings is 1. The maximum Gasteiger partial charge on any atom is 0.252 e. The van der Waals surface area contributed by atoms with Gasteiger partial charge in [0.1, 0.15) is 5.58 Å². The lowest BCUT2D eigenvalue weighted by Gasteiger charge is -1.94. The van der Waals surface area contributed by atoms with Crippen LogP contribution in [0, 0.1) is 0 Å². The first-order valence-electron chi connectivity index (χ1n) is 3.55. The van der Waals surface area contributed by atoms with Crippen molar-refractivity contribution in [1.29, 1.82) is 0 Å². The fourth-order valence-corrected chi connectivity index (χ4v) is 1.19. The Balaban J connectivity index is 0.000000845. The lowest BCUT2D eigenvalue weighted by molar-refractivity contribution is 0.100. The molecular weight excluding hydrogens is 190 g/mol. The highest BCUT2D eigenvalue weighted by atomic mass is 35.5.